The van der Waals surface area contributed by atoms with Crippen LogP contribution in [-0.2, 0) is 4.79 Å². The molecule has 1 amide bonds. The average molecular weight is 252 g/mol. The summed E-state index contributed by atoms with van der Waals surface area (Å²) in [5.41, 5.74) is 0. The number of furan rings is 1. The maximum atomic E-state index is 11.8. The van der Waals surface area contributed by atoms with Gasteiger partial charge in [0.1, 0.15) is 11.5 Å². The second-order valence-electron chi connectivity index (χ2n) is 4.70. The number of carbonyl (C=O) groups is 1. The van der Waals surface area contributed by atoms with E-state index in [0.717, 1.165) is 30.9 Å². The minimum absolute atomic E-state index is 0.0330. The molecule has 0 fully saturated rings. The molecule has 1 heterocycles. The highest BCUT2D eigenvalue weighted by Gasteiger charge is 2.17. The summed E-state index contributed by atoms with van der Waals surface area (Å²) in [6, 6.07) is 3.68. The first-order valence-corrected chi connectivity index (χ1v) is 6.64. The molecule has 4 heteroatoms. The van der Waals surface area contributed by atoms with Gasteiger partial charge in [0.25, 0.3) is 0 Å². The minimum Gasteiger partial charge on any atom is -0.465 e. The van der Waals surface area contributed by atoms with Crippen molar-refractivity contribution in [3.05, 3.63) is 23.7 Å². The standard InChI is InChI=1S/C14H24N2O2/c1-5-6-9-15-14(17)12(4)16-11(3)13-8-7-10(2)18-13/h7-8,11-12,16H,5-6,9H2,1-4H3,(H,15,17). The van der Waals surface area contributed by atoms with Crippen LogP contribution in [0, 0.1) is 6.92 Å². The number of hydrogen-bond donors (Lipinski definition) is 2. The molecule has 0 aromatic carbocycles. The third kappa shape index (κ3) is 4.53. The summed E-state index contributed by atoms with van der Waals surface area (Å²) in [6.45, 7) is 8.63. The monoisotopic (exact) mass is 252 g/mol. The largest absolute Gasteiger partial charge is 0.465 e. The van der Waals surface area contributed by atoms with Crippen LogP contribution in [0.2, 0.25) is 0 Å². The predicted molar refractivity (Wildman–Crippen MR) is 72.4 cm³/mol. The molecule has 0 radical (unpaired) electrons. The van der Waals surface area contributed by atoms with Crippen LogP contribution in [0.1, 0.15) is 51.2 Å². The first-order valence-electron chi connectivity index (χ1n) is 6.64. The molecule has 0 spiro atoms. The topological polar surface area (TPSA) is 54.3 Å². The van der Waals surface area contributed by atoms with Gasteiger partial charge in [-0.1, -0.05) is 13.3 Å². The van der Waals surface area contributed by atoms with Crippen molar-refractivity contribution in [2.75, 3.05) is 6.54 Å². The van der Waals surface area contributed by atoms with Crippen molar-refractivity contribution in [1.29, 1.82) is 0 Å². The van der Waals surface area contributed by atoms with Crippen LogP contribution in [0.15, 0.2) is 16.5 Å². The normalized spacial score (nSPS) is 14.2. The zero-order valence-corrected chi connectivity index (χ0v) is 11.7. The fourth-order valence-corrected chi connectivity index (χ4v) is 1.76. The Bertz CT molecular complexity index is 374. The van der Waals surface area contributed by atoms with Crippen LogP contribution in [0.4, 0.5) is 0 Å². The van der Waals surface area contributed by atoms with Crippen LogP contribution in [0.3, 0.4) is 0 Å². The van der Waals surface area contributed by atoms with Crippen LogP contribution < -0.4 is 10.6 Å². The number of rotatable bonds is 7. The van der Waals surface area contributed by atoms with Crippen molar-refractivity contribution >= 4 is 5.91 Å². The lowest BCUT2D eigenvalue weighted by atomic mass is 10.2. The highest BCUT2D eigenvalue weighted by Crippen LogP contribution is 2.15. The molecular formula is C14H24N2O2. The Kier molecular flexibility index (Phi) is 5.92. The van der Waals surface area contributed by atoms with Crippen molar-refractivity contribution < 1.29 is 9.21 Å². The minimum atomic E-state index is -0.220. The van der Waals surface area contributed by atoms with E-state index >= 15 is 0 Å². The van der Waals surface area contributed by atoms with E-state index in [2.05, 4.69) is 17.6 Å². The maximum absolute atomic E-state index is 11.8. The quantitative estimate of drug-likeness (QED) is 0.733. The van der Waals surface area contributed by atoms with Gasteiger partial charge in [0, 0.05) is 6.54 Å². The molecule has 4 nitrogen and oxygen atoms in total. The molecule has 1 aromatic rings. The Hall–Kier alpha value is -1.29. The highest BCUT2D eigenvalue weighted by atomic mass is 16.3. The van der Waals surface area contributed by atoms with Crippen molar-refractivity contribution in [2.24, 2.45) is 0 Å². The second kappa shape index (κ2) is 7.21. The van der Waals surface area contributed by atoms with Gasteiger partial charge in [-0.15, -0.1) is 0 Å². The van der Waals surface area contributed by atoms with E-state index in [9.17, 15) is 4.79 Å². The molecule has 1 rings (SSSR count). The molecule has 0 saturated carbocycles. The van der Waals surface area contributed by atoms with E-state index in [1.54, 1.807) is 0 Å². The molecule has 2 atom stereocenters. The van der Waals surface area contributed by atoms with Gasteiger partial charge in [-0.2, -0.15) is 0 Å². The molecule has 2 unspecified atom stereocenters. The van der Waals surface area contributed by atoms with Gasteiger partial charge >= 0.3 is 0 Å². The van der Waals surface area contributed by atoms with Gasteiger partial charge < -0.3 is 9.73 Å². The van der Waals surface area contributed by atoms with Crippen LogP contribution in [-0.4, -0.2) is 18.5 Å². The fraction of sp³-hybridized carbons (Fsp3) is 0.643. The Morgan fingerprint density at radius 3 is 2.67 bits per heavy atom. The van der Waals surface area contributed by atoms with Crippen LogP contribution in [0.5, 0.6) is 0 Å². The summed E-state index contributed by atoms with van der Waals surface area (Å²) in [6.07, 6.45) is 2.11. The van der Waals surface area contributed by atoms with Crippen molar-refractivity contribution in [2.45, 2.75) is 52.6 Å². The average Bonchev–Trinajstić information content (AvgIpc) is 2.76. The summed E-state index contributed by atoms with van der Waals surface area (Å²) < 4.78 is 5.53. The highest BCUT2D eigenvalue weighted by molar-refractivity contribution is 5.81. The molecule has 0 aliphatic heterocycles. The Morgan fingerprint density at radius 1 is 1.39 bits per heavy atom. The SMILES string of the molecule is CCCCNC(=O)C(C)NC(C)c1ccc(C)o1. The van der Waals surface area contributed by atoms with E-state index in [1.165, 1.54) is 0 Å². The molecule has 0 aliphatic carbocycles. The summed E-state index contributed by atoms with van der Waals surface area (Å²) in [5, 5.41) is 6.14. The van der Waals surface area contributed by atoms with Gasteiger partial charge in [-0.25, -0.2) is 0 Å². The van der Waals surface area contributed by atoms with E-state index in [1.807, 2.05) is 32.9 Å². The van der Waals surface area contributed by atoms with Crippen molar-refractivity contribution in [3.63, 3.8) is 0 Å². The summed E-state index contributed by atoms with van der Waals surface area (Å²) >= 11 is 0. The molecule has 0 aliphatic rings. The third-order valence-corrected chi connectivity index (χ3v) is 2.91. The maximum Gasteiger partial charge on any atom is 0.236 e. The van der Waals surface area contributed by atoms with Gasteiger partial charge in [0.2, 0.25) is 5.91 Å². The number of nitrogens with one attached hydrogen (secondary N) is 2. The lowest BCUT2D eigenvalue weighted by molar-refractivity contribution is -0.122. The van der Waals surface area contributed by atoms with Crippen molar-refractivity contribution in [3.8, 4) is 0 Å². The zero-order chi connectivity index (χ0) is 13.5. The van der Waals surface area contributed by atoms with E-state index in [0.29, 0.717) is 0 Å². The fourth-order valence-electron chi connectivity index (χ4n) is 1.76. The van der Waals surface area contributed by atoms with Gasteiger partial charge in [0.15, 0.2) is 0 Å². The molecule has 102 valence electrons. The van der Waals surface area contributed by atoms with Crippen LogP contribution >= 0.6 is 0 Å². The number of aryl methyl sites for hydroxylation is 1. The summed E-state index contributed by atoms with van der Waals surface area (Å²) in [7, 11) is 0. The lowest BCUT2D eigenvalue weighted by Gasteiger charge is -2.18. The Morgan fingerprint density at radius 2 is 2.11 bits per heavy atom. The summed E-state index contributed by atoms with van der Waals surface area (Å²) in [4.78, 5) is 11.8. The number of hydrogen-bond acceptors (Lipinski definition) is 3. The van der Waals surface area contributed by atoms with E-state index in [4.69, 9.17) is 4.42 Å². The molecular weight excluding hydrogens is 228 g/mol. The summed E-state index contributed by atoms with van der Waals surface area (Å²) in [5.74, 6) is 1.79. The second-order valence-corrected chi connectivity index (χ2v) is 4.70. The van der Waals surface area contributed by atoms with Crippen molar-refractivity contribution in [1.82, 2.24) is 10.6 Å². The molecule has 18 heavy (non-hydrogen) atoms. The molecule has 1 aromatic heterocycles. The Labute approximate surface area is 109 Å². The Balaban J connectivity index is 2.39. The molecule has 0 bridgehead atoms. The molecule has 2 N–H and O–H groups in total. The zero-order valence-electron chi connectivity index (χ0n) is 11.7. The predicted octanol–water partition coefficient (Wildman–Crippen LogP) is 2.54. The number of unbranched alkanes of at least 4 members (excludes halogenated alkanes) is 1. The number of amides is 1. The van der Waals surface area contributed by atoms with Gasteiger partial charge in [-0.3, -0.25) is 10.1 Å². The smallest absolute Gasteiger partial charge is 0.236 e. The molecule has 0 saturated heterocycles. The first kappa shape index (κ1) is 14.8. The van der Waals surface area contributed by atoms with E-state index < -0.39 is 0 Å². The van der Waals surface area contributed by atoms with Crippen LogP contribution in [0.25, 0.3) is 0 Å². The van der Waals surface area contributed by atoms with E-state index in [-0.39, 0.29) is 18.0 Å². The number of carbonyl (C=O) groups excluding carboxylic acids is 1. The first-order chi connectivity index (χ1) is 8.54. The third-order valence-electron chi connectivity index (χ3n) is 2.91. The lowest BCUT2D eigenvalue weighted by Crippen LogP contribution is -2.43. The van der Waals surface area contributed by atoms with Gasteiger partial charge in [-0.05, 0) is 39.3 Å². The van der Waals surface area contributed by atoms with Gasteiger partial charge in [0.05, 0.1) is 12.1 Å².